The van der Waals surface area contributed by atoms with Gasteiger partial charge in [-0.25, -0.2) is 4.98 Å². The number of likely N-dealkylation sites (tertiary alicyclic amines) is 1. The molecule has 2 aromatic rings. The van der Waals surface area contributed by atoms with E-state index in [1.165, 1.54) is 6.33 Å². The van der Waals surface area contributed by atoms with E-state index >= 15 is 0 Å². The second-order valence-corrected chi connectivity index (χ2v) is 7.62. The summed E-state index contributed by atoms with van der Waals surface area (Å²) in [4.78, 5) is 30.6. The molecule has 0 spiro atoms. The third-order valence-electron chi connectivity index (χ3n) is 5.11. The predicted octanol–water partition coefficient (Wildman–Crippen LogP) is 2.99. The zero-order valence-corrected chi connectivity index (χ0v) is 17.3. The Morgan fingerprint density at radius 1 is 1.34 bits per heavy atom. The number of aryl methyl sites for hydroxylation is 1. The molecule has 0 bridgehead atoms. The smallest absolute Gasteiger partial charge is 0.224 e. The predicted molar refractivity (Wildman–Crippen MR) is 110 cm³/mol. The van der Waals surface area contributed by atoms with Gasteiger partial charge in [0.15, 0.2) is 0 Å². The first kappa shape index (κ1) is 21.1. The Morgan fingerprint density at radius 2 is 2.21 bits per heavy atom. The summed E-state index contributed by atoms with van der Waals surface area (Å²) in [5.74, 6) is 0.939. The van der Waals surface area contributed by atoms with Crippen LogP contribution in [0.1, 0.15) is 32.1 Å². The standard InChI is InChI=1S/C20H26ClN5O3/c1-29-18-6-5-16(21)11-17(18)24-19(27)7-4-15-3-2-9-25(12-15)20(28)8-10-26-14-22-13-23-26/h5-6,11,13-15H,2-4,7-10,12H2,1H3,(H,24,27). The Morgan fingerprint density at radius 3 is 2.97 bits per heavy atom. The van der Waals surface area contributed by atoms with Crippen LogP contribution >= 0.6 is 11.6 Å². The van der Waals surface area contributed by atoms with Gasteiger partial charge in [-0.1, -0.05) is 11.6 Å². The van der Waals surface area contributed by atoms with Crippen molar-refractivity contribution in [2.75, 3.05) is 25.5 Å². The van der Waals surface area contributed by atoms with E-state index in [2.05, 4.69) is 15.4 Å². The number of hydrogen-bond acceptors (Lipinski definition) is 5. The number of hydrogen-bond donors (Lipinski definition) is 1. The van der Waals surface area contributed by atoms with E-state index in [9.17, 15) is 9.59 Å². The van der Waals surface area contributed by atoms with E-state index in [4.69, 9.17) is 16.3 Å². The van der Waals surface area contributed by atoms with Crippen LogP contribution in [0.4, 0.5) is 5.69 Å². The van der Waals surface area contributed by atoms with Gasteiger partial charge in [-0.15, -0.1) is 0 Å². The normalized spacial score (nSPS) is 16.5. The molecule has 9 heteroatoms. The Kier molecular flexibility index (Phi) is 7.46. The second kappa shape index (κ2) is 10.2. The zero-order chi connectivity index (χ0) is 20.6. The Bertz CT molecular complexity index is 828. The lowest BCUT2D eigenvalue weighted by atomic mass is 9.93. The molecule has 2 heterocycles. The number of anilines is 1. The molecular weight excluding hydrogens is 394 g/mol. The largest absolute Gasteiger partial charge is 0.495 e. The quantitative estimate of drug-likeness (QED) is 0.710. The van der Waals surface area contributed by atoms with E-state index in [0.717, 1.165) is 25.8 Å². The molecule has 1 unspecified atom stereocenters. The fourth-order valence-electron chi connectivity index (χ4n) is 3.57. The van der Waals surface area contributed by atoms with Crippen molar-refractivity contribution in [1.82, 2.24) is 19.7 Å². The number of carbonyl (C=O) groups is 2. The van der Waals surface area contributed by atoms with Crippen molar-refractivity contribution in [1.29, 1.82) is 0 Å². The lowest BCUT2D eigenvalue weighted by Crippen LogP contribution is -2.40. The number of rotatable bonds is 8. The zero-order valence-electron chi connectivity index (χ0n) is 16.5. The van der Waals surface area contributed by atoms with E-state index in [1.807, 2.05) is 4.90 Å². The van der Waals surface area contributed by atoms with Gasteiger partial charge in [0.1, 0.15) is 18.4 Å². The number of aromatic nitrogens is 3. The van der Waals surface area contributed by atoms with Crippen LogP contribution in [0.5, 0.6) is 5.75 Å². The molecule has 1 aromatic carbocycles. The third kappa shape index (κ3) is 6.19. The lowest BCUT2D eigenvalue weighted by molar-refractivity contribution is -0.133. The summed E-state index contributed by atoms with van der Waals surface area (Å²) in [7, 11) is 1.55. The Balaban J connectivity index is 1.44. The highest BCUT2D eigenvalue weighted by atomic mass is 35.5. The highest BCUT2D eigenvalue weighted by Gasteiger charge is 2.24. The molecule has 0 radical (unpaired) electrons. The van der Waals surface area contributed by atoms with Crippen LogP contribution < -0.4 is 10.1 Å². The number of amides is 2. The minimum atomic E-state index is -0.0831. The van der Waals surface area contributed by atoms with Crippen molar-refractivity contribution in [3.63, 3.8) is 0 Å². The van der Waals surface area contributed by atoms with Crippen LogP contribution in [0.2, 0.25) is 5.02 Å². The van der Waals surface area contributed by atoms with Crippen LogP contribution in [0.15, 0.2) is 30.9 Å². The molecule has 2 amide bonds. The fraction of sp³-hybridized carbons (Fsp3) is 0.500. The molecule has 1 saturated heterocycles. The molecule has 1 fully saturated rings. The van der Waals surface area contributed by atoms with Gasteiger partial charge in [0.05, 0.1) is 19.3 Å². The molecule has 1 aliphatic heterocycles. The van der Waals surface area contributed by atoms with E-state index < -0.39 is 0 Å². The average Bonchev–Trinajstić information content (AvgIpc) is 3.24. The molecule has 156 valence electrons. The maximum Gasteiger partial charge on any atom is 0.224 e. The molecule has 1 atom stereocenters. The number of carbonyl (C=O) groups excluding carboxylic acids is 2. The van der Waals surface area contributed by atoms with E-state index in [-0.39, 0.29) is 11.8 Å². The number of nitrogens with one attached hydrogen (secondary N) is 1. The van der Waals surface area contributed by atoms with E-state index in [1.54, 1.807) is 36.3 Å². The maximum atomic E-state index is 12.5. The molecule has 3 rings (SSSR count). The highest BCUT2D eigenvalue weighted by molar-refractivity contribution is 6.31. The number of ether oxygens (including phenoxy) is 1. The summed E-state index contributed by atoms with van der Waals surface area (Å²) >= 11 is 6.01. The summed E-state index contributed by atoms with van der Waals surface area (Å²) in [6, 6.07) is 5.11. The van der Waals surface area contributed by atoms with Gasteiger partial charge in [0, 0.05) is 31.0 Å². The van der Waals surface area contributed by atoms with Crippen molar-refractivity contribution >= 4 is 29.1 Å². The van der Waals surface area contributed by atoms with Gasteiger partial charge in [-0.05, 0) is 43.4 Å². The number of methoxy groups -OCH3 is 1. The average molecular weight is 420 g/mol. The molecule has 0 aliphatic carbocycles. The molecule has 1 N–H and O–H groups in total. The van der Waals surface area contributed by atoms with Gasteiger partial charge in [0.25, 0.3) is 0 Å². The molecule has 8 nitrogen and oxygen atoms in total. The number of piperidine rings is 1. The summed E-state index contributed by atoms with van der Waals surface area (Å²) in [6.07, 6.45) is 6.60. The van der Waals surface area contributed by atoms with Crippen molar-refractivity contribution in [2.24, 2.45) is 5.92 Å². The summed E-state index contributed by atoms with van der Waals surface area (Å²) in [6.45, 7) is 2.01. The van der Waals surface area contributed by atoms with Crippen molar-refractivity contribution < 1.29 is 14.3 Å². The van der Waals surface area contributed by atoms with Crippen LogP contribution in [0.3, 0.4) is 0 Å². The number of nitrogens with zero attached hydrogens (tertiary/aromatic N) is 4. The first-order valence-electron chi connectivity index (χ1n) is 9.78. The summed E-state index contributed by atoms with van der Waals surface area (Å²) in [5, 5.41) is 7.43. The van der Waals surface area contributed by atoms with Gasteiger partial charge >= 0.3 is 0 Å². The number of halogens is 1. The minimum Gasteiger partial charge on any atom is -0.495 e. The summed E-state index contributed by atoms with van der Waals surface area (Å²) in [5.41, 5.74) is 0.568. The molecule has 1 aliphatic rings. The first-order valence-corrected chi connectivity index (χ1v) is 10.2. The van der Waals surface area contributed by atoms with Crippen LogP contribution in [0.25, 0.3) is 0 Å². The van der Waals surface area contributed by atoms with Gasteiger partial charge < -0.3 is 15.0 Å². The molecular formula is C20H26ClN5O3. The van der Waals surface area contributed by atoms with Crippen molar-refractivity contribution in [3.8, 4) is 5.75 Å². The third-order valence-corrected chi connectivity index (χ3v) is 5.34. The molecule has 1 aromatic heterocycles. The minimum absolute atomic E-state index is 0.0831. The van der Waals surface area contributed by atoms with Crippen molar-refractivity contribution in [2.45, 2.75) is 38.6 Å². The number of benzene rings is 1. The van der Waals surface area contributed by atoms with Gasteiger partial charge in [-0.3, -0.25) is 14.3 Å². The maximum absolute atomic E-state index is 12.5. The SMILES string of the molecule is COc1ccc(Cl)cc1NC(=O)CCC1CCCN(C(=O)CCn2cncn2)C1. The van der Waals surface area contributed by atoms with Gasteiger partial charge in [-0.2, -0.15) is 5.10 Å². The van der Waals surface area contributed by atoms with Crippen LogP contribution in [0, 0.1) is 5.92 Å². The molecule has 29 heavy (non-hydrogen) atoms. The summed E-state index contributed by atoms with van der Waals surface area (Å²) < 4.78 is 6.92. The lowest BCUT2D eigenvalue weighted by Gasteiger charge is -2.33. The Labute approximate surface area is 175 Å². The second-order valence-electron chi connectivity index (χ2n) is 7.19. The monoisotopic (exact) mass is 419 g/mol. The topological polar surface area (TPSA) is 89.4 Å². The van der Waals surface area contributed by atoms with Crippen LogP contribution in [-0.2, 0) is 16.1 Å². The Hall–Kier alpha value is -2.61. The first-order chi connectivity index (χ1) is 14.0. The van der Waals surface area contributed by atoms with Crippen molar-refractivity contribution in [3.05, 3.63) is 35.9 Å². The van der Waals surface area contributed by atoms with Crippen LogP contribution in [-0.4, -0.2) is 51.7 Å². The van der Waals surface area contributed by atoms with E-state index in [0.29, 0.717) is 48.3 Å². The van der Waals surface area contributed by atoms with Gasteiger partial charge in [0.2, 0.25) is 11.8 Å². The highest BCUT2D eigenvalue weighted by Crippen LogP contribution is 2.28. The molecule has 0 saturated carbocycles. The fourth-order valence-corrected chi connectivity index (χ4v) is 3.74.